The average molecular weight is 143 g/mol. The van der Waals surface area contributed by atoms with Crippen molar-refractivity contribution in [2.24, 2.45) is 0 Å². The largest absolute Gasteiger partial charge is 0.488 e. The summed E-state index contributed by atoms with van der Waals surface area (Å²) in [5.74, 6) is 0. The fourth-order valence-electron chi connectivity index (χ4n) is 0.451. The van der Waals surface area contributed by atoms with Gasteiger partial charge in [-0.15, -0.1) is 0 Å². The zero-order chi connectivity index (χ0) is 13.5. The zero-order valence-electron chi connectivity index (χ0n) is 12.0. The summed E-state index contributed by atoms with van der Waals surface area (Å²) >= 11 is 0. The molecule has 10 heavy (non-hydrogen) atoms. The van der Waals surface area contributed by atoms with E-state index in [1.807, 2.05) is 0 Å². The van der Waals surface area contributed by atoms with Gasteiger partial charge < -0.3 is 10.0 Å². The van der Waals surface area contributed by atoms with Crippen molar-refractivity contribution in [3.63, 3.8) is 0 Å². The van der Waals surface area contributed by atoms with Crippen LogP contribution in [0, 0.1) is 6.85 Å². The van der Waals surface area contributed by atoms with Crippen LogP contribution >= 0.6 is 0 Å². The minimum absolute atomic E-state index is 0.631. The SMILES string of the molecule is [2H]c1c([2H])c(C([2H])([2H])[2H])c([2H])c([2H])c1B(O)O. The summed E-state index contributed by atoms with van der Waals surface area (Å²) in [6.07, 6.45) is 0. The van der Waals surface area contributed by atoms with Gasteiger partial charge in [0.2, 0.25) is 0 Å². The first-order valence-electron chi connectivity index (χ1n) is 6.06. The Kier molecular flexibility index (Phi) is 0.675. The second-order valence-electron chi connectivity index (χ2n) is 1.66. The Bertz CT molecular complexity index is 428. The lowest BCUT2D eigenvalue weighted by Gasteiger charge is -1.97. The van der Waals surface area contributed by atoms with Gasteiger partial charge in [0.1, 0.15) is 0 Å². The van der Waals surface area contributed by atoms with Crippen LogP contribution in [-0.2, 0) is 0 Å². The van der Waals surface area contributed by atoms with Gasteiger partial charge in [-0.2, -0.15) is 0 Å². The Balaban J connectivity index is 3.71. The van der Waals surface area contributed by atoms with Crippen LogP contribution in [0.4, 0.5) is 0 Å². The molecule has 0 unspecified atom stereocenters. The topological polar surface area (TPSA) is 40.5 Å². The maximum absolute atomic E-state index is 8.94. The highest BCUT2D eigenvalue weighted by atomic mass is 16.4. The third-order valence-corrected chi connectivity index (χ3v) is 0.903. The van der Waals surface area contributed by atoms with Gasteiger partial charge in [0.05, 0.1) is 5.48 Å². The maximum Gasteiger partial charge on any atom is 0.488 e. The lowest BCUT2D eigenvalue weighted by Crippen LogP contribution is -2.29. The lowest BCUT2D eigenvalue weighted by atomic mass is 9.80. The highest BCUT2D eigenvalue weighted by Crippen LogP contribution is 1.92. The van der Waals surface area contributed by atoms with Gasteiger partial charge >= 0.3 is 7.12 Å². The van der Waals surface area contributed by atoms with Crippen molar-refractivity contribution >= 4 is 12.6 Å². The van der Waals surface area contributed by atoms with Crippen molar-refractivity contribution in [3.8, 4) is 0 Å². The normalized spacial score (nSPS) is 20.8. The van der Waals surface area contributed by atoms with Gasteiger partial charge in [0, 0.05) is 4.11 Å². The maximum atomic E-state index is 8.94. The average Bonchev–Trinajstić information content (AvgIpc) is 2.12. The summed E-state index contributed by atoms with van der Waals surface area (Å²) in [6, 6.07) is -3.08. The van der Waals surface area contributed by atoms with Gasteiger partial charge in [-0.1, -0.05) is 29.7 Å². The highest BCUT2D eigenvalue weighted by molar-refractivity contribution is 6.58. The monoisotopic (exact) mass is 143 g/mol. The van der Waals surface area contributed by atoms with Crippen LogP contribution in [-0.4, -0.2) is 17.2 Å². The van der Waals surface area contributed by atoms with Crippen molar-refractivity contribution in [3.05, 3.63) is 29.7 Å². The van der Waals surface area contributed by atoms with E-state index in [1.54, 1.807) is 0 Å². The molecule has 1 aromatic rings. The van der Waals surface area contributed by atoms with Gasteiger partial charge in [0.25, 0.3) is 0 Å². The molecule has 3 heteroatoms. The van der Waals surface area contributed by atoms with Crippen LogP contribution in [0.15, 0.2) is 24.2 Å². The molecule has 0 atom stereocenters. The van der Waals surface area contributed by atoms with E-state index < -0.39 is 49.2 Å². The molecule has 0 heterocycles. The number of benzene rings is 1. The van der Waals surface area contributed by atoms with Crippen molar-refractivity contribution in [1.82, 2.24) is 0 Å². The fraction of sp³-hybridized carbons (Fsp3) is 0.143. The van der Waals surface area contributed by atoms with Crippen LogP contribution in [0.2, 0.25) is 0 Å². The smallest absolute Gasteiger partial charge is 0.423 e. The molecule has 0 spiro atoms. The minimum atomic E-state index is -2.79. The predicted molar refractivity (Wildman–Crippen MR) is 41.0 cm³/mol. The fourth-order valence-corrected chi connectivity index (χ4v) is 0.451. The quantitative estimate of drug-likeness (QED) is 0.528. The van der Waals surface area contributed by atoms with E-state index in [0.29, 0.717) is 0 Å². The lowest BCUT2D eigenvalue weighted by molar-refractivity contribution is 0.426. The standard InChI is InChI=1S/C7H9BO2/c1-6-2-4-7(5-3-6)8(9)10/h2-5,9-10H,1H3/i1D3,2D,3D,4D,5D. The zero-order valence-corrected chi connectivity index (χ0v) is 4.97. The number of hydrogen-bond acceptors (Lipinski definition) is 2. The summed E-state index contributed by atoms with van der Waals surface area (Å²) in [5.41, 5.74) is -1.36. The molecule has 1 rings (SSSR count). The Morgan fingerprint density at radius 2 is 2.00 bits per heavy atom. The second-order valence-corrected chi connectivity index (χ2v) is 1.66. The Labute approximate surface area is 70.1 Å². The summed E-state index contributed by atoms with van der Waals surface area (Å²) in [6.45, 7) is -2.79. The minimum Gasteiger partial charge on any atom is -0.423 e. The summed E-state index contributed by atoms with van der Waals surface area (Å²) in [7, 11) is -2.19. The van der Waals surface area contributed by atoms with Gasteiger partial charge in [-0.05, 0) is 12.3 Å². The Morgan fingerprint density at radius 1 is 1.40 bits per heavy atom. The molecule has 0 amide bonds. The molecule has 0 fully saturated rings. The van der Waals surface area contributed by atoms with E-state index >= 15 is 0 Å². The summed E-state index contributed by atoms with van der Waals surface area (Å²) in [5, 5.41) is 17.9. The molecule has 0 aliphatic rings. The van der Waals surface area contributed by atoms with Crippen molar-refractivity contribution < 1.29 is 19.6 Å². The number of rotatable bonds is 1. The van der Waals surface area contributed by atoms with Crippen LogP contribution in [0.5, 0.6) is 0 Å². The molecule has 0 bridgehead atoms. The molecule has 0 saturated heterocycles. The first-order valence-corrected chi connectivity index (χ1v) is 2.56. The molecule has 0 saturated carbocycles. The first kappa shape index (κ1) is 2.36. The molecule has 0 aromatic heterocycles. The molecule has 2 nitrogen and oxygen atoms in total. The van der Waals surface area contributed by atoms with E-state index in [4.69, 9.17) is 19.6 Å². The van der Waals surface area contributed by atoms with Gasteiger partial charge in [0.15, 0.2) is 0 Å². The molecular weight excluding hydrogens is 127 g/mol. The first-order chi connectivity index (χ1) is 7.59. The number of hydrogen-bond donors (Lipinski definition) is 2. The Hall–Kier alpha value is -0.795. The third-order valence-electron chi connectivity index (χ3n) is 0.903. The van der Waals surface area contributed by atoms with Gasteiger partial charge in [-0.25, -0.2) is 0 Å². The molecular formula is C7H9BO2. The van der Waals surface area contributed by atoms with E-state index in [-0.39, 0.29) is 0 Å². The van der Waals surface area contributed by atoms with Crippen LogP contribution < -0.4 is 5.46 Å². The molecule has 1 aromatic carbocycles. The van der Waals surface area contributed by atoms with Crippen molar-refractivity contribution in [1.29, 1.82) is 0 Å². The van der Waals surface area contributed by atoms with E-state index in [9.17, 15) is 0 Å². The molecule has 0 aliphatic heterocycles. The predicted octanol–water partition coefficient (Wildman–Crippen LogP) is -0.325. The van der Waals surface area contributed by atoms with E-state index in [2.05, 4.69) is 0 Å². The van der Waals surface area contributed by atoms with Crippen molar-refractivity contribution in [2.45, 2.75) is 6.85 Å². The van der Waals surface area contributed by atoms with E-state index in [0.717, 1.165) is 0 Å². The second kappa shape index (κ2) is 2.86. The summed E-state index contributed by atoms with van der Waals surface area (Å²) < 4.78 is 51.1. The molecule has 2 N–H and O–H groups in total. The molecule has 0 radical (unpaired) electrons. The third kappa shape index (κ3) is 1.59. The van der Waals surface area contributed by atoms with E-state index in [1.165, 1.54) is 0 Å². The molecule has 0 aliphatic carbocycles. The van der Waals surface area contributed by atoms with Crippen LogP contribution in [0.3, 0.4) is 0 Å². The van der Waals surface area contributed by atoms with Crippen LogP contribution in [0.1, 0.15) is 15.2 Å². The van der Waals surface area contributed by atoms with Gasteiger partial charge in [-0.3, -0.25) is 0 Å². The van der Waals surface area contributed by atoms with Crippen LogP contribution in [0.25, 0.3) is 0 Å². The van der Waals surface area contributed by atoms with Crippen molar-refractivity contribution in [2.75, 3.05) is 0 Å². The Morgan fingerprint density at radius 3 is 2.40 bits per heavy atom. The highest BCUT2D eigenvalue weighted by Gasteiger charge is 2.08. The molecule has 52 valence electrons. The summed E-state index contributed by atoms with van der Waals surface area (Å²) in [4.78, 5) is 0.